The first-order valence-electron chi connectivity index (χ1n) is 5.59. The number of hydrogen-bond acceptors (Lipinski definition) is 1. The summed E-state index contributed by atoms with van der Waals surface area (Å²) in [6, 6.07) is 20.8. The fourth-order valence-electron chi connectivity index (χ4n) is 2.21. The molecule has 80 valence electrons. The van der Waals surface area contributed by atoms with Crippen LogP contribution in [0.1, 0.15) is 24.2 Å². The molecule has 0 amide bonds. The van der Waals surface area contributed by atoms with Crippen LogP contribution in [0.4, 0.5) is 0 Å². The smallest absolute Gasteiger partial charge is 0.122 e. The van der Waals surface area contributed by atoms with Crippen molar-refractivity contribution < 1.29 is 4.74 Å². The van der Waals surface area contributed by atoms with E-state index in [1.165, 1.54) is 11.1 Å². The van der Waals surface area contributed by atoms with Crippen LogP contribution in [0.3, 0.4) is 0 Å². The molecule has 2 aromatic carbocycles. The quantitative estimate of drug-likeness (QED) is 0.689. The Morgan fingerprint density at radius 1 is 0.875 bits per heavy atom. The normalized spacial score (nSPS) is 27.7. The summed E-state index contributed by atoms with van der Waals surface area (Å²) in [5, 5.41) is 0. The van der Waals surface area contributed by atoms with Crippen molar-refractivity contribution in [3.8, 4) is 0 Å². The molecule has 0 unspecified atom stereocenters. The maximum absolute atomic E-state index is 5.88. The standard InChI is InChI=1S/C15H14O/c1-15(13-10-6-3-7-11-13)14(16-15)12-8-4-2-5-9-12/h2-11,14H,1H3/t14-,15-/m0/s1. The van der Waals surface area contributed by atoms with E-state index < -0.39 is 0 Å². The maximum Gasteiger partial charge on any atom is 0.122 e. The van der Waals surface area contributed by atoms with Gasteiger partial charge in [-0.15, -0.1) is 0 Å². The van der Waals surface area contributed by atoms with E-state index in [2.05, 4.69) is 55.5 Å². The van der Waals surface area contributed by atoms with Crippen LogP contribution >= 0.6 is 0 Å². The molecule has 0 N–H and O–H groups in total. The van der Waals surface area contributed by atoms with Crippen molar-refractivity contribution in [2.45, 2.75) is 18.6 Å². The number of ether oxygens (including phenoxy) is 1. The van der Waals surface area contributed by atoms with Gasteiger partial charge in [-0.25, -0.2) is 0 Å². The summed E-state index contributed by atoms with van der Waals surface area (Å²) in [7, 11) is 0. The Hall–Kier alpha value is -1.60. The summed E-state index contributed by atoms with van der Waals surface area (Å²) in [5.74, 6) is 0. The Labute approximate surface area is 95.7 Å². The number of benzene rings is 2. The van der Waals surface area contributed by atoms with Gasteiger partial charge in [-0.3, -0.25) is 0 Å². The third-order valence-electron chi connectivity index (χ3n) is 3.26. The molecule has 1 nitrogen and oxygen atoms in total. The van der Waals surface area contributed by atoms with Crippen molar-refractivity contribution in [1.29, 1.82) is 0 Å². The van der Waals surface area contributed by atoms with Gasteiger partial charge in [0.15, 0.2) is 0 Å². The molecule has 0 aromatic heterocycles. The molecule has 2 aromatic rings. The minimum Gasteiger partial charge on any atom is -0.356 e. The Balaban J connectivity index is 1.90. The molecule has 1 fully saturated rings. The first-order chi connectivity index (χ1) is 7.81. The fraction of sp³-hybridized carbons (Fsp3) is 0.200. The molecule has 2 atom stereocenters. The first-order valence-corrected chi connectivity index (χ1v) is 5.59. The van der Waals surface area contributed by atoms with Crippen LogP contribution in [-0.2, 0) is 10.3 Å². The van der Waals surface area contributed by atoms with E-state index in [9.17, 15) is 0 Å². The molecule has 0 radical (unpaired) electrons. The SMILES string of the molecule is C[C@@]1(c2ccccc2)O[C@H]1c1ccccc1. The first kappa shape index (κ1) is 9.61. The lowest BCUT2D eigenvalue weighted by Crippen LogP contribution is -2.03. The monoisotopic (exact) mass is 210 g/mol. The second-order valence-corrected chi connectivity index (χ2v) is 4.38. The molecule has 1 heterocycles. The predicted octanol–water partition coefficient (Wildman–Crippen LogP) is 3.67. The number of hydrogen-bond donors (Lipinski definition) is 0. The molecule has 1 aliphatic heterocycles. The van der Waals surface area contributed by atoms with Gasteiger partial charge in [0.1, 0.15) is 11.7 Å². The van der Waals surface area contributed by atoms with E-state index in [0.29, 0.717) is 0 Å². The molecular formula is C15H14O. The average molecular weight is 210 g/mol. The second kappa shape index (κ2) is 3.46. The van der Waals surface area contributed by atoms with Crippen LogP contribution in [0, 0.1) is 0 Å². The number of rotatable bonds is 2. The highest BCUT2D eigenvalue weighted by Crippen LogP contribution is 2.56. The third kappa shape index (κ3) is 1.44. The van der Waals surface area contributed by atoms with Crippen molar-refractivity contribution in [1.82, 2.24) is 0 Å². The molecule has 0 aliphatic carbocycles. The van der Waals surface area contributed by atoms with Crippen LogP contribution in [0.2, 0.25) is 0 Å². The highest BCUT2D eigenvalue weighted by Gasteiger charge is 2.54. The van der Waals surface area contributed by atoms with Crippen molar-refractivity contribution in [3.05, 3.63) is 71.8 Å². The van der Waals surface area contributed by atoms with E-state index >= 15 is 0 Å². The van der Waals surface area contributed by atoms with Gasteiger partial charge >= 0.3 is 0 Å². The summed E-state index contributed by atoms with van der Waals surface area (Å²) >= 11 is 0. The fourth-order valence-corrected chi connectivity index (χ4v) is 2.21. The van der Waals surface area contributed by atoms with Crippen molar-refractivity contribution in [2.24, 2.45) is 0 Å². The molecule has 1 heteroatoms. The molecule has 0 spiro atoms. The predicted molar refractivity (Wildman–Crippen MR) is 64.1 cm³/mol. The van der Waals surface area contributed by atoms with Gasteiger partial charge < -0.3 is 4.74 Å². The van der Waals surface area contributed by atoms with Gasteiger partial charge in [0.2, 0.25) is 0 Å². The molecule has 1 aliphatic rings. The van der Waals surface area contributed by atoms with Crippen LogP contribution in [0.5, 0.6) is 0 Å². The van der Waals surface area contributed by atoms with Crippen LogP contribution in [0.25, 0.3) is 0 Å². The summed E-state index contributed by atoms with van der Waals surface area (Å²) < 4.78 is 5.88. The van der Waals surface area contributed by atoms with Crippen molar-refractivity contribution in [3.63, 3.8) is 0 Å². The van der Waals surface area contributed by atoms with Crippen LogP contribution in [-0.4, -0.2) is 0 Å². The Bertz CT molecular complexity index is 477. The lowest BCUT2D eigenvalue weighted by molar-refractivity contribution is 0.313. The summed E-state index contributed by atoms with van der Waals surface area (Å²) in [4.78, 5) is 0. The Kier molecular flexibility index (Phi) is 2.08. The Morgan fingerprint density at radius 3 is 2.06 bits per heavy atom. The van der Waals surface area contributed by atoms with Gasteiger partial charge in [0, 0.05) is 0 Å². The van der Waals surface area contributed by atoms with Crippen molar-refractivity contribution in [2.75, 3.05) is 0 Å². The van der Waals surface area contributed by atoms with Crippen LogP contribution < -0.4 is 0 Å². The van der Waals surface area contributed by atoms with Gasteiger partial charge in [0.25, 0.3) is 0 Å². The lowest BCUT2D eigenvalue weighted by Gasteiger charge is -2.06. The van der Waals surface area contributed by atoms with Crippen molar-refractivity contribution >= 4 is 0 Å². The van der Waals surface area contributed by atoms with Gasteiger partial charge in [-0.05, 0) is 18.1 Å². The highest BCUT2D eigenvalue weighted by atomic mass is 16.6. The topological polar surface area (TPSA) is 12.5 Å². The third-order valence-corrected chi connectivity index (χ3v) is 3.26. The summed E-state index contributed by atoms with van der Waals surface area (Å²) in [6.07, 6.45) is 0.205. The van der Waals surface area contributed by atoms with E-state index in [4.69, 9.17) is 4.74 Å². The van der Waals surface area contributed by atoms with Crippen LogP contribution in [0.15, 0.2) is 60.7 Å². The van der Waals surface area contributed by atoms with Gasteiger partial charge in [-0.1, -0.05) is 60.7 Å². The zero-order valence-corrected chi connectivity index (χ0v) is 9.26. The largest absolute Gasteiger partial charge is 0.356 e. The second-order valence-electron chi connectivity index (χ2n) is 4.38. The zero-order chi connectivity index (χ0) is 11.0. The summed E-state index contributed by atoms with van der Waals surface area (Å²) in [5.41, 5.74) is 2.38. The molecular weight excluding hydrogens is 196 g/mol. The van der Waals surface area contributed by atoms with E-state index in [1.54, 1.807) is 0 Å². The summed E-state index contributed by atoms with van der Waals surface area (Å²) in [6.45, 7) is 2.15. The molecule has 16 heavy (non-hydrogen) atoms. The molecule has 3 rings (SSSR count). The lowest BCUT2D eigenvalue weighted by atomic mass is 9.94. The minimum atomic E-state index is -0.136. The minimum absolute atomic E-state index is 0.136. The highest BCUT2D eigenvalue weighted by molar-refractivity contribution is 5.34. The van der Waals surface area contributed by atoms with E-state index in [0.717, 1.165) is 0 Å². The maximum atomic E-state index is 5.88. The van der Waals surface area contributed by atoms with E-state index in [1.807, 2.05) is 12.1 Å². The Morgan fingerprint density at radius 2 is 1.44 bits per heavy atom. The zero-order valence-electron chi connectivity index (χ0n) is 9.26. The molecule has 1 saturated heterocycles. The van der Waals surface area contributed by atoms with Gasteiger partial charge in [-0.2, -0.15) is 0 Å². The van der Waals surface area contributed by atoms with E-state index in [-0.39, 0.29) is 11.7 Å². The average Bonchev–Trinajstić information content (AvgIpc) is 3.06. The van der Waals surface area contributed by atoms with Gasteiger partial charge in [0.05, 0.1) is 0 Å². The molecule has 0 bridgehead atoms. The number of epoxide rings is 1. The molecule has 0 saturated carbocycles.